The minimum absolute atomic E-state index is 0.0178. The molecule has 0 spiro atoms. The number of anilines is 1. The highest BCUT2D eigenvalue weighted by Gasteiger charge is 2.25. The second-order valence-electron chi connectivity index (χ2n) is 9.16. The van der Waals surface area contributed by atoms with Gasteiger partial charge in [-0.3, -0.25) is 9.79 Å². The number of halogens is 7. The molecule has 1 fully saturated rings. The maximum Gasteiger partial charge on any atom is 0.255 e. The molecule has 1 aromatic heterocycles. The van der Waals surface area contributed by atoms with Gasteiger partial charge < -0.3 is 15.4 Å². The van der Waals surface area contributed by atoms with Crippen LogP contribution in [-0.2, 0) is 4.79 Å². The van der Waals surface area contributed by atoms with Gasteiger partial charge in [0.25, 0.3) is 5.91 Å². The van der Waals surface area contributed by atoms with Crippen LogP contribution in [0.4, 0.5) is 27.8 Å². The van der Waals surface area contributed by atoms with E-state index in [9.17, 15) is 26.7 Å². The molecule has 1 amide bonds. The number of carbonyl (C=O) groups excluding carboxylic acids is 1. The van der Waals surface area contributed by atoms with Gasteiger partial charge in [-0.25, -0.2) is 23.1 Å². The number of hydrogen-bond donors (Lipinski definition) is 1. The summed E-state index contributed by atoms with van der Waals surface area (Å²) in [5.74, 6) is -8.87. The number of nitrogen functional groups attached to an aromatic ring is 1. The van der Waals surface area contributed by atoms with E-state index in [1.165, 1.54) is 25.9 Å². The van der Waals surface area contributed by atoms with Gasteiger partial charge in [-0.05, 0) is 37.8 Å². The highest BCUT2D eigenvalue weighted by atomic mass is 35.5. The molecule has 234 valence electrons. The number of hydrogen-bond acceptors (Lipinski definition) is 6. The van der Waals surface area contributed by atoms with E-state index in [-0.39, 0.29) is 29.1 Å². The van der Waals surface area contributed by atoms with Gasteiger partial charge in [0.05, 0.1) is 17.0 Å². The van der Waals surface area contributed by atoms with Crippen LogP contribution in [-0.4, -0.2) is 51.5 Å². The number of aliphatic imine (C=N–C) groups is 1. The number of nitrogens with two attached hydrogens (primary N) is 1. The third-order valence-corrected chi connectivity index (χ3v) is 6.54. The summed E-state index contributed by atoms with van der Waals surface area (Å²) in [7, 11) is 1.41. The van der Waals surface area contributed by atoms with Crippen molar-refractivity contribution in [3.63, 3.8) is 0 Å². The standard InChI is InChI=1S/C19H13F5N4O.C8H13Cl2NO.C2H6/c1-8-14(19(25)28-7-27-8)17(26-2)10-4-3-9(5-11(10)20)29-18-15(23)12(21)6-13(22)16(18)24;1-6-3-2-4-11(5-6)8(12)7(9)10;1-2/h3-7H,1-2H3,(H2,25,27,28);6-7H,2-5H2,1H3;1-2H3. The number of carbonyl (C=O) groups is 1. The number of piperidine rings is 1. The molecule has 43 heavy (non-hydrogen) atoms. The van der Waals surface area contributed by atoms with Gasteiger partial charge in [0.1, 0.15) is 23.7 Å². The highest BCUT2D eigenvalue weighted by molar-refractivity contribution is 6.53. The summed E-state index contributed by atoms with van der Waals surface area (Å²) in [6, 6.07) is 3.20. The molecule has 0 aliphatic carbocycles. The lowest BCUT2D eigenvalue weighted by atomic mass is 10.0. The zero-order valence-corrected chi connectivity index (χ0v) is 25.7. The third-order valence-electron chi connectivity index (χ3n) is 6.17. The zero-order chi connectivity index (χ0) is 32.4. The zero-order valence-electron chi connectivity index (χ0n) is 24.2. The van der Waals surface area contributed by atoms with Gasteiger partial charge in [-0.15, -0.1) is 0 Å². The first-order valence-electron chi connectivity index (χ1n) is 13.3. The molecule has 1 aliphatic rings. The summed E-state index contributed by atoms with van der Waals surface area (Å²) in [5.41, 5.74) is 6.73. The minimum atomic E-state index is -1.74. The van der Waals surface area contributed by atoms with Crippen LogP contribution < -0.4 is 10.5 Å². The van der Waals surface area contributed by atoms with Gasteiger partial charge >= 0.3 is 0 Å². The fourth-order valence-corrected chi connectivity index (χ4v) is 4.47. The van der Waals surface area contributed by atoms with Crippen LogP contribution in [0.25, 0.3) is 0 Å². The molecule has 3 aromatic rings. The quantitative estimate of drug-likeness (QED) is 0.135. The van der Waals surface area contributed by atoms with Crippen molar-refractivity contribution >= 4 is 40.6 Å². The Labute approximate surface area is 256 Å². The monoisotopic (exact) mass is 647 g/mol. The van der Waals surface area contributed by atoms with Crippen molar-refractivity contribution in [1.82, 2.24) is 14.9 Å². The summed E-state index contributed by atoms with van der Waals surface area (Å²) in [6.45, 7) is 9.38. The lowest BCUT2D eigenvalue weighted by Crippen LogP contribution is -2.41. The lowest BCUT2D eigenvalue weighted by molar-refractivity contribution is -0.131. The summed E-state index contributed by atoms with van der Waals surface area (Å²) in [4.78, 5) is 24.1. The summed E-state index contributed by atoms with van der Waals surface area (Å²) in [5, 5.41) is 0. The lowest BCUT2D eigenvalue weighted by Gasteiger charge is -2.31. The first-order valence-corrected chi connectivity index (χ1v) is 14.1. The average molecular weight is 649 g/mol. The van der Waals surface area contributed by atoms with Crippen LogP contribution in [0.2, 0.25) is 0 Å². The molecule has 1 unspecified atom stereocenters. The van der Waals surface area contributed by atoms with Gasteiger partial charge in [0, 0.05) is 37.8 Å². The molecule has 1 atom stereocenters. The number of likely N-dealkylation sites (tertiary alicyclic amines) is 1. The molecule has 1 aliphatic heterocycles. The first-order chi connectivity index (χ1) is 20.3. The maximum atomic E-state index is 14.7. The SMILES string of the molecule is CC.CC1CCCN(C(=O)C(Cl)Cl)C1.CN=C(c1ccc(Oc2c(F)c(F)cc(F)c2F)cc1F)c1c(C)ncnc1N. The van der Waals surface area contributed by atoms with E-state index in [0.717, 1.165) is 31.6 Å². The maximum absolute atomic E-state index is 14.7. The largest absolute Gasteiger partial charge is 0.451 e. The van der Waals surface area contributed by atoms with E-state index in [4.69, 9.17) is 33.7 Å². The predicted octanol–water partition coefficient (Wildman–Crippen LogP) is 7.40. The number of aromatic nitrogens is 2. The van der Waals surface area contributed by atoms with Crippen molar-refractivity contribution in [1.29, 1.82) is 0 Å². The third kappa shape index (κ3) is 8.99. The molecule has 0 bridgehead atoms. The smallest absolute Gasteiger partial charge is 0.255 e. The average Bonchev–Trinajstić information content (AvgIpc) is 2.97. The minimum Gasteiger partial charge on any atom is -0.451 e. The van der Waals surface area contributed by atoms with Crippen molar-refractivity contribution in [2.45, 2.75) is 45.4 Å². The van der Waals surface area contributed by atoms with E-state index >= 15 is 0 Å². The molecule has 0 saturated carbocycles. The fourth-order valence-electron chi connectivity index (χ4n) is 4.19. The Morgan fingerprint density at radius 1 is 1.07 bits per heavy atom. The molecule has 14 heteroatoms. The molecule has 2 heterocycles. The van der Waals surface area contributed by atoms with E-state index < -0.39 is 45.4 Å². The Balaban J connectivity index is 0.000000385. The Morgan fingerprint density at radius 3 is 2.21 bits per heavy atom. The molecule has 2 N–H and O–H groups in total. The predicted molar refractivity (Wildman–Crippen MR) is 157 cm³/mol. The van der Waals surface area contributed by atoms with E-state index in [1.807, 2.05) is 13.8 Å². The number of amides is 1. The summed E-state index contributed by atoms with van der Waals surface area (Å²) < 4.78 is 73.7. The van der Waals surface area contributed by atoms with Crippen LogP contribution in [0.15, 0.2) is 35.6 Å². The molecule has 2 aromatic carbocycles. The first kappa shape index (κ1) is 35.7. The Kier molecular flexibility index (Phi) is 13.6. The number of rotatable bonds is 5. The van der Waals surface area contributed by atoms with E-state index in [2.05, 4.69) is 21.9 Å². The molecular formula is C29H32Cl2F5N5O2. The van der Waals surface area contributed by atoms with Crippen molar-refractivity contribution in [2.75, 3.05) is 25.9 Å². The second kappa shape index (κ2) is 16.4. The van der Waals surface area contributed by atoms with Crippen molar-refractivity contribution in [3.8, 4) is 11.5 Å². The summed E-state index contributed by atoms with van der Waals surface area (Å²) >= 11 is 11.0. The number of benzene rings is 2. The summed E-state index contributed by atoms with van der Waals surface area (Å²) in [6.07, 6.45) is 3.50. The number of aryl methyl sites for hydroxylation is 1. The van der Waals surface area contributed by atoms with Crippen molar-refractivity contribution in [3.05, 3.63) is 76.5 Å². The number of ether oxygens (including phenoxy) is 1. The Bertz CT molecular complexity index is 1410. The fraction of sp³-hybridized carbons (Fsp3) is 0.379. The van der Waals surface area contributed by atoms with E-state index in [1.54, 1.807) is 11.8 Å². The van der Waals surface area contributed by atoms with Gasteiger partial charge in [0.2, 0.25) is 17.4 Å². The van der Waals surface area contributed by atoms with Crippen LogP contribution in [0, 0.1) is 41.9 Å². The van der Waals surface area contributed by atoms with Gasteiger partial charge in [0.15, 0.2) is 16.5 Å². The van der Waals surface area contributed by atoms with Crippen molar-refractivity contribution < 1.29 is 31.5 Å². The topological polar surface area (TPSA) is 93.7 Å². The highest BCUT2D eigenvalue weighted by Crippen LogP contribution is 2.32. The molecular weight excluding hydrogens is 616 g/mol. The van der Waals surface area contributed by atoms with Crippen molar-refractivity contribution in [2.24, 2.45) is 10.9 Å². The Hall–Kier alpha value is -3.51. The molecule has 4 rings (SSSR count). The van der Waals surface area contributed by atoms with Crippen LogP contribution >= 0.6 is 23.2 Å². The van der Waals surface area contributed by atoms with Gasteiger partial charge in [-0.2, -0.15) is 8.78 Å². The van der Waals surface area contributed by atoms with Gasteiger partial charge in [-0.1, -0.05) is 44.0 Å². The normalized spacial score (nSPS) is 14.9. The van der Waals surface area contributed by atoms with E-state index in [0.29, 0.717) is 17.2 Å². The number of nitrogens with zero attached hydrogens (tertiary/aromatic N) is 4. The second-order valence-corrected chi connectivity index (χ2v) is 10.3. The molecule has 0 radical (unpaired) electrons. The van der Waals surface area contributed by atoms with Crippen LogP contribution in [0.1, 0.15) is 50.4 Å². The Morgan fingerprint density at radius 2 is 1.70 bits per heavy atom. The number of alkyl halides is 2. The van der Waals surface area contributed by atoms with Crippen LogP contribution in [0.3, 0.4) is 0 Å². The molecule has 7 nitrogen and oxygen atoms in total. The molecule has 1 saturated heterocycles. The van der Waals surface area contributed by atoms with Crippen LogP contribution in [0.5, 0.6) is 11.5 Å².